The van der Waals surface area contributed by atoms with Gasteiger partial charge in [0.05, 0.1) is 10.6 Å². The highest BCUT2D eigenvalue weighted by atomic mass is 35.5. The summed E-state index contributed by atoms with van der Waals surface area (Å²) >= 11 is 6.03. The summed E-state index contributed by atoms with van der Waals surface area (Å²) < 4.78 is 0. The topological polar surface area (TPSA) is 95.5 Å². The average Bonchev–Trinajstić information content (AvgIpc) is 2.44. The Morgan fingerprint density at radius 3 is 2.29 bits per heavy atom. The van der Waals surface area contributed by atoms with Crippen molar-refractivity contribution < 1.29 is 19.5 Å². The van der Waals surface area contributed by atoms with E-state index in [1.165, 1.54) is 12.1 Å². The van der Waals surface area contributed by atoms with Crippen LogP contribution < -0.4 is 10.6 Å². The maximum Gasteiger partial charge on any atom is 0.326 e. The van der Waals surface area contributed by atoms with Gasteiger partial charge in [0, 0.05) is 12.1 Å². The Balaban J connectivity index is 2.94. The van der Waals surface area contributed by atoms with Crippen LogP contribution >= 0.6 is 11.6 Å². The predicted octanol–water partition coefficient (Wildman–Crippen LogP) is 3.16. The van der Waals surface area contributed by atoms with Gasteiger partial charge in [-0.05, 0) is 30.0 Å². The van der Waals surface area contributed by atoms with Gasteiger partial charge in [-0.2, -0.15) is 0 Å². The second kappa shape index (κ2) is 8.68. The predicted molar refractivity (Wildman–Crippen MR) is 93.3 cm³/mol. The van der Waals surface area contributed by atoms with Gasteiger partial charge in [0.2, 0.25) is 5.91 Å². The fourth-order valence-electron chi connectivity index (χ4n) is 2.09. The molecule has 1 unspecified atom stereocenters. The van der Waals surface area contributed by atoms with E-state index in [0.717, 1.165) is 0 Å². The van der Waals surface area contributed by atoms with Crippen LogP contribution in [0.25, 0.3) is 0 Å². The molecule has 2 amide bonds. The van der Waals surface area contributed by atoms with Crippen molar-refractivity contribution in [2.24, 2.45) is 11.8 Å². The molecule has 24 heavy (non-hydrogen) atoms. The number of carbonyl (C=O) groups is 3. The van der Waals surface area contributed by atoms with Crippen molar-refractivity contribution in [1.29, 1.82) is 0 Å². The number of carboxylic acid groups (broad SMARTS) is 1. The highest BCUT2D eigenvalue weighted by Crippen LogP contribution is 2.21. The monoisotopic (exact) mass is 354 g/mol. The largest absolute Gasteiger partial charge is 0.480 e. The first-order valence-corrected chi connectivity index (χ1v) is 8.12. The number of aliphatic carboxylic acids is 1. The van der Waals surface area contributed by atoms with Gasteiger partial charge in [-0.1, -0.05) is 39.3 Å². The molecule has 0 aromatic heterocycles. The minimum Gasteiger partial charge on any atom is -0.480 e. The number of nitrogens with one attached hydrogen (secondary N) is 2. The summed E-state index contributed by atoms with van der Waals surface area (Å²) in [5.41, 5.74) is 0.553. The third-order valence-electron chi connectivity index (χ3n) is 3.31. The zero-order valence-electron chi connectivity index (χ0n) is 14.2. The van der Waals surface area contributed by atoms with E-state index in [9.17, 15) is 14.4 Å². The molecule has 0 saturated heterocycles. The average molecular weight is 355 g/mol. The van der Waals surface area contributed by atoms with Crippen LogP contribution in [0, 0.1) is 11.8 Å². The highest BCUT2D eigenvalue weighted by molar-refractivity contribution is 6.34. The van der Waals surface area contributed by atoms with Gasteiger partial charge in [-0.15, -0.1) is 0 Å². The van der Waals surface area contributed by atoms with Gasteiger partial charge in [0.15, 0.2) is 0 Å². The summed E-state index contributed by atoms with van der Waals surface area (Å²) in [7, 11) is 0. The Bertz CT molecular complexity index is 629. The maximum atomic E-state index is 12.3. The molecule has 132 valence electrons. The van der Waals surface area contributed by atoms with E-state index in [4.69, 9.17) is 16.7 Å². The minimum atomic E-state index is -1.11. The van der Waals surface area contributed by atoms with Crippen LogP contribution in [0.15, 0.2) is 18.2 Å². The highest BCUT2D eigenvalue weighted by Gasteiger charge is 2.25. The molecule has 3 N–H and O–H groups in total. The molecule has 1 aromatic rings. The van der Waals surface area contributed by atoms with E-state index < -0.39 is 17.9 Å². The second-order valence-electron chi connectivity index (χ2n) is 6.37. The van der Waals surface area contributed by atoms with Crippen LogP contribution in [0.4, 0.5) is 5.69 Å². The van der Waals surface area contributed by atoms with Crippen molar-refractivity contribution in [2.45, 2.75) is 40.2 Å². The number of carbonyl (C=O) groups excluding carboxylic acids is 2. The molecule has 1 atom stereocenters. The standard InChI is InChI=1S/C17H23ClN2O4/c1-9(2)7-14(21)19-11-5-6-13(18)12(8-11)16(22)20-15(10(3)4)17(23)24/h5-6,8-10,15H,7H2,1-4H3,(H,19,21)(H,20,22)(H,23,24). The minimum absolute atomic E-state index is 0.117. The Hall–Kier alpha value is -2.08. The van der Waals surface area contributed by atoms with Crippen LogP contribution in [0.2, 0.25) is 5.02 Å². The first-order valence-electron chi connectivity index (χ1n) is 7.74. The number of anilines is 1. The van der Waals surface area contributed by atoms with Crippen LogP contribution in [0.5, 0.6) is 0 Å². The summed E-state index contributed by atoms with van der Waals surface area (Å²) in [6, 6.07) is 3.50. The van der Waals surface area contributed by atoms with Crippen LogP contribution in [0.1, 0.15) is 44.5 Å². The molecule has 0 saturated carbocycles. The third-order valence-corrected chi connectivity index (χ3v) is 3.64. The molecule has 1 aromatic carbocycles. The van der Waals surface area contributed by atoms with Gasteiger partial charge in [-0.25, -0.2) is 4.79 Å². The van der Waals surface area contributed by atoms with Crippen LogP contribution in [0.3, 0.4) is 0 Å². The number of hydrogen-bond donors (Lipinski definition) is 3. The molecular formula is C17H23ClN2O4. The lowest BCUT2D eigenvalue weighted by atomic mass is 10.0. The summed E-state index contributed by atoms with van der Waals surface area (Å²) in [6.07, 6.45) is 0.360. The molecule has 0 aliphatic rings. The van der Waals surface area contributed by atoms with E-state index in [1.54, 1.807) is 19.9 Å². The normalized spacial score (nSPS) is 12.1. The summed E-state index contributed by atoms with van der Waals surface area (Å²) in [5.74, 6) is -1.94. The first-order chi connectivity index (χ1) is 11.1. The fourth-order valence-corrected chi connectivity index (χ4v) is 2.30. The molecular weight excluding hydrogens is 332 g/mol. The summed E-state index contributed by atoms with van der Waals surface area (Å²) in [4.78, 5) is 35.4. The molecule has 0 radical (unpaired) electrons. The van der Waals surface area contributed by atoms with Crippen molar-refractivity contribution in [3.8, 4) is 0 Å². The lowest BCUT2D eigenvalue weighted by Gasteiger charge is -2.18. The van der Waals surface area contributed by atoms with Crippen molar-refractivity contribution in [1.82, 2.24) is 5.32 Å². The smallest absolute Gasteiger partial charge is 0.326 e. The van der Waals surface area contributed by atoms with Crippen molar-refractivity contribution in [2.75, 3.05) is 5.32 Å². The molecule has 7 heteroatoms. The van der Waals surface area contributed by atoms with Crippen molar-refractivity contribution >= 4 is 35.1 Å². The van der Waals surface area contributed by atoms with Gasteiger partial charge in [-0.3, -0.25) is 9.59 Å². The zero-order valence-corrected chi connectivity index (χ0v) is 15.0. The fraction of sp³-hybridized carbons (Fsp3) is 0.471. The van der Waals surface area contributed by atoms with Gasteiger partial charge in [0.25, 0.3) is 5.91 Å². The number of hydrogen-bond acceptors (Lipinski definition) is 3. The number of carboxylic acids is 1. The molecule has 6 nitrogen and oxygen atoms in total. The van der Waals surface area contributed by atoms with Crippen molar-refractivity contribution in [3.05, 3.63) is 28.8 Å². The van der Waals surface area contributed by atoms with Gasteiger partial charge >= 0.3 is 5.97 Å². The lowest BCUT2D eigenvalue weighted by Crippen LogP contribution is -2.44. The zero-order chi connectivity index (χ0) is 18.4. The quantitative estimate of drug-likeness (QED) is 0.700. The Morgan fingerprint density at radius 2 is 1.79 bits per heavy atom. The van der Waals surface area contributed by atoms with E-state index in [0.29, 0.717) is 12.1 Å². The molecule has 0 aliphatic carbocycles. The third kappa shape index (κ3) is 5.85. The lowest BCUT2D eigenvalue weighted by molar-refractivity contribution is -0.140. The van der Waals surface area contributed by atoms with E-state index in [-0.39, 0.29) is 28.3 Å². The molecule has 0 spiro atoms. The molecule has 0 heterocycles. The SMILES string of the molecule is CC(C)CC(=O)Nc1ccc(Cl)c(C(=O)NC(C(=O)O)C(C)C)c1. The van der Waals surface area contributed by atoms with Gasteiger partial charge < -0.3 is 15.7 Å². The Morgan fingerprint density at radius 1 is 1.17 bits per heavy atom. The molecule has 1 rings (SSSR count). The van der Waals surface area contributed by atoms with E-state index in [1.807, 2.05) is 13.8 Å². The summed E-state index contributed by atoms with van der Waals surface area (Å²) in [6.45, 7) is 7.25. The number of halogens is 1. The Kier molecular flexibility index (Phi) is 7.22. The first kappa shape index (κ1) is 20.0. The van der Waals surface area contributed by atoms with E-state index in [2.05, 4.69) is 10.6 Å². The van der Waals surface area contributed by atoms with E-state index >= 15 is 0 Å². The molecule has 0 fully saturated rings. The second-order valence-corrected chi connectivity index (χ2v) is 6.78. The van der Waals surface area contributed by atoms with Crippen LogP contribution in [-0.2, 0) is 9.59 Å². The molecule has 0 bridgehead atoms. The van der Waals surface area contributed by atoms with Gasteiger partial charge in [0.1, 0.15) is 6.04 Å². The number of benzene rings is 1. The number of amides is 2. The van der Waals surface area contributed by atoms with Crippen molar-refractivity contribution in [3.63, 3.8) is 0 Å². The Labute approximate surface area is 146 Å². The summed E-state index contributed by atoms with van der Waals surface area (Å²) in [5, 5.41) is 14.5. The number of rotatable bonds is 7. The maximum absolute atomic E-state index is 12.3. The van der Waals surface area contributed by atoms with Crippen LogP contribution in [-0.4, -0.2) is 28.9 Å². The molecule has 0 aliphatic heterocycles.